The third-order valence-corrected chi connectivity index (χ3v) is 7.46. The number of nitrogens with zero attached hydrogens (tertiary/aromatic N) is 6. The lowest BCUT2D eigenvalue weighted by molar-refractivity contribution is -0.118. The molecule has 1 aromatic heterocycles. The number of hydrogen-bond donors (Lipinski definition) is 1. The van der Waals surface area contributed by atoms with Gasteiger partial charge in [0.2, 0.25) is 11.7 Å². The van der Waals surface area contributed by atoms with Crippen molar-refractivity contribution in [1.82, 2.24) is 25.5 Å². The molecular formula is C32H37N7O3. The van der Waals surface area contributed by atoms with Gasteiger partial charge in [0.1, 0.15) is 0 Å². The van der Waals surface area contributed by atoms with Crippen molar-refractivity contribution in [1.29, 1.82) is 0 Å². The van der Waals surface area contributed by atoms with Crippen LogP contribution in [0.1, 0.15) is 42.1 Å². The molecule has 1 saturated heterocycles. The summed E-state index contributed by atoms with van der Waals surface area (Å²) in [6.07, 6.45) is 2.15. The van der Waals surface area contributed by atoms with Crippen molar-refractivity contribution in [2.24, 2.45) is 0 Å². The Morgan fingerprint density at radius 1 is 0.952 bits per heavy atom. The third kappa shape index (κ3) is 6.49. The quantitative estimate of drug-likeness (QED) is 0.293. The van der Waals surface area contributed by atoms with E-state index in [1.165, 1.54) is 0 Å². The van der Waals surface area contributed by atoms with Crippen molar-refractivity contribution in [3.8, 4) is 22.5 Å². The minimum atomic E-state index is -0.0459. The van der Waals surface area contributed by atoms with Crippen LogP contribution in [0.2, 0.25) is 0 Å². The number of nitrogens with one attached hydrogen (secondary N) is 1. The first-order valence-electron chi connectivity index (χ1n) is 14.4. The number of H-pyrrole nitrogens is 1. The van der Waals surface area contributed by atoms with Crippen molar-refractivity contribution in [3.05, 3.63) is 77.9 Å². The number of carbonyl (C=O) groups is 2. The second-order valence-corrected chi connectivity index (χ2v) is 10.6. The van der Waals surface area contributed by atoms with Gasteiger partial charge >= 0.3 is 0 Å². The van der Waals surface area contributed by atoms with Crippen LogP contribution in [0.3, 0.4) is 0 Å². The molecule has 1 fully saturated rings. The highest BCUT2D eigenvalue weighted by molar-refractivity contribution is 6.01. The molecule has 1 aliphatic heterocycles. The number of aromatic nitrogens is 4. The molecule has 42 heavy (non-hydrogen) atoms. The number of rotatable bonds is 10. The Kier molecular flexibility index (Phi) is 9.23. The van der Waals surface area contributed by atoms with Crippen LogP contribution < -0.4 is 9.80 Å². The van der Waals surface area contributed by atoms with Crippen molar-refractivity contribution in [3.63, 3.8) is 0 Å². The summed E-state index contributed by atoms with van der Waals surface area (Å²) >= 11 is 0. The fourth-order valence-corrected chi connectivity index (χ4v) is 5.15. The van der Waals surface area contributed by atoms with Crippen LogP contribution in [0.5, 0.6) is 0 Å². The minimum Gasteiger partial charge on any atom is -0.378 e. The van der Waals surface area contributed by atoms with Gasteiger partial charge in [0.25, 0.3) is 5.91 Å². The van der Waals surface area contributed by atoms with Crippen LogP contribution in [-0.4, -0.2) is 77.7 Å². The lowest BCUT2D eigenvalue weighted by Gasteiger charge is -2.30. The predicted octanol–water partition coefficient (Wildman–Crippen LogP) is 4.80. The van der Waals surface area contributed by atoms with Crippen LogP contribution in [0.4, 0.5) is 11.4 Å². The first kappa shape index (κ1) is 28.9. The fourth-order valence-electron chi connectivity index (χ4n) is 5.15. The van der Waals surface area contributed by atoms with E-state index in [0.717, 1.165) is 46.5 Å². The Balaban J connectivity index is 1.47. The number of aromatic amines is 1. The van der Waals surface area contributed by atoms with Gasteiger partial charge in [-0.25, -0.2) is 0 Å². The van der Waals surface area contributed by atoms with Crippen molar-refractivity contribution >= 4 is 23.2 Å². The normalized spacial score (nSPS) is 13.2. The van der Waals surface area contributed by atoms with E-state index < -0.39 is 0 Å². The summed E-state index contributed by atoms with van der Waals surface area (Å²) < 4.78 is 5.43. The lowest BCUT2D eigenvalue weighted by Crippen LogP contribution is -2.40. The maximum Gasteiger partial charge on any atom is 0.254 e. The molecule has 0 radical (unpaired) electrons. The number of benzene rings is 3. The number of tetrazole rings is 1. The van der Waals surface area contributed by atoms with Crippen LogP contribution in [-0.2, 0) is 16.1 Å². The fraction of sp³-hybridized carbons (Fsp3) is 0.344. The summed E-state index contributed by atoms with van der Waals surface area (Å²) in [6, 6.07) is 21.8. The average Bonchev–Trinajstić information content (AvgIpc) is 3.58. The zero-order valence-corrected chi connectivity index (χ0v) is 24.4. The molecule has 0 atom stereocenters. The molecule has 10 heteroatoms. The lowest BCUT2D eigenvalue weighted by atomic mass is 9.98. The molecule has 2 amide bonds. The van der Waals surface area contributed by atoms with Crippen LogP contribution >= 0.6 is 0 Å². The van der Waals surface area contributed by atoms with Gasteiger partial charge < -0.3 is 19.4 Å². The van der Waals surface area contributed by atoms with E-state index >= 15 is 0 Å². The zero-order valence-electron chi connectivity index (χ0n) is 24.4. The highest BCUT2D eigenvalue weighted by Crippen LogP contribution is 2.34. The van der Waals surface area contributed by atoms with E-state index in [4.69, 9.17) is 4.74 Å². The van der Waals surface area contributed by atoms with E-state index in [-0.39, 0.29) is 11.8 Å². The molecule has 5 rings (SSSR count). The molecule has 0 unspecified atom stereocenters. The van der Waals surface area contributed by atoms with Gasteiger partial charge in [0.05, 0.1) is 31.1 Å². The molecule has 3 aromatic carbocycles. The molecular weight excluding hydrogens is 530 g/mol. The number of amides is 2. The van der Waals surface area contributed by atoms with Crippen molar-refractivity contribution < 1.29 is 14.3 Å². The third-order valence-electron chi connectivity index (χ3n) is 7.46. The SMILES string of the molecule is CCCCC(=O)N(Cc1ccc(-c2ccccc2-c2nn[nH]n2)cc1)c1cc(C(=O)N2CCOCC2)ccc1N(C)C. The monoisotopic (exact) mass is 567 g/mol. The summed E-state index contributed by atoms with van der Waals surface area (Å²) in [7, 11) is 3.90. The molecule has 10 nitrogen and oxygen atoms in total. The number of carbonyl (C=O) groups excluding carboxylic acids is 2. The Morgan fingerprint density at radius 3 is 2.36 bits per heavy atom. The second kappa shape index (κ2) is 13.4. The van der Waals surface area contributed by atoms with Crippen LogP contribution in [0.25, 0.3) is 22.5 Å². The number of morpholine rings is 1. The van der Waals surface area contributed by atoms with Crippen molar-refractivity contribution in [2.75, 3.05) is 50.2 Å². The summed E-state index contributed by atoms with van der Waals surface area (Å²) in [5.74, 6) is 0.517. The number of unbranched alkanes of at least 4 members (excludes halogenated alkanes) is 1. The van der Waals surface area contributed by atoms with Crippen LogP contribution in [0.15, 0.2) is 66.7 Å². The molecule has 0 aliphatic carbocycles. The first-order chi connectivity index (χ1) is 20.5. The standard InChI is InChI=1S/C32H37N7O3/c1-4-5-10-30(40)39(29-21-25(15-16-28(29)37(2)3)32(41)38-17-19-42-20-18-38)22-23-11-13-24(14-12-23)26-8-6-7-9-27(26)31-33-35-36-34-31/h6-9,11-16,21H,4-5,10,17-20,22H2,1-3H3,(H,33,34,35,36). The Morgan fingerprint density at radius 2 is 1.69 bits per heavy atom. The molecule has 218 valence electrons. The molecule has 0 bridgehead atoms. The minimum absolute atomic E-state index is 0.0300. The maximum atomic E-state index is 13.7. The summed E-state index contributed by atoms with van der Waals surface area (Å²) in [4.78, 5) is 32.7. The Hall–Kier alpha value is -4.57. The van der Waals surface area contributed by atoms with E-state index in [1.54, 1.807) is 0 Å². The molecule has 1 aliphatic rings. The smallest absolute Gasteiger partial charge is 0.254 e. The van der Waals surface area contributed by atoms with Gasteiger partial charge in [0.15, 0.2) is 0 Å². The average molecular weight is 568 g/mol. The van der Waals surface area contributed by atoms with E-state index in [9.17, 15) is 9.59 Å². The van der Waals surface area contributed by atoms with E-state index in [1.807, 2.05) is 95.5 Å². The van der Waals surface area contributed by atoms with Gasteiger partial charge in [-0.2, -0.15) is 5.21 Å². The Bertz CT molecular complexity index is 1500. The highest BCUT2D eigenvalue weighted by Gasteiger charge is 2.24. The molecule has 0 saturated carbocycles. The Labute approximate surface area is 246 Å². The highest BCUT2D eigenvalue weighted by atomic mass is 16.5. The summed E-state index contributed by atoms with van der Waals surface area (Å²) in [6.45, 7) is 4.65. The van der Waals surface area contributed by atoms with Crippen LogP contribution in [0, 0.1) is 0 Å². The van der Waals surface area contributed by atoms with Gasteiger partial charge in [-0.15, -0.1) is 10.2 Å². The summed E-state index contributed by atoms with van der Waals surface area (Å²) in [5.41, 5.74) is 6.04. The van der Waals surface area contributed by atoms with Crippen molar-refractivity contribution in [2.45, 2.75) is 32.7 Å². The first-order valence-corrected chi connectivity index (χ1v) is 14.4. The number of ether oxygens (including phenoxy) is 1. The molecule has 4 aromatic rings. The molecule has 0 spiro atoms. The van der Waals surface area contributed by atoms with Gasteiger partial charge in [-0.3, -0.25) is 9.59 Å². The molecule has 1 N–H and O–H groups in total. The topological polar surface area (TPSA) is 108 Å². The second-order valence-electron chi connectivity index (χ2n) is 10.6. The largest absolute Gasteiger partial charge is 0.378 e. The number of hydrogen-bond acceptors (Lipinski definition) is 7. The summed E-state index contributed by atoms with van der Waals surface area (Å²) in [5, 5.41) is 14.5. The zero-order chi connectivity index (χ0) is 29.5. The maximum absolute atomic E-state index is 13.7. The molecule has 2 heterocycles. The van der Waals surface area contributed by atoms with Gasteiger partial charge in [-0.05, 0) is 46.5 Å². The van der Waals surface area contributed by atoms with E-state index in [2.05, 4.69) is 27.5 Å². The van der Waals surface area contributed by atoms with E-state index in [0.29, 0.717) is 50.7 Å². The van der Waals surface area contributed by atoms with Gasteiger partial charge in [-0.1, -0.05) is 61.9 Å². The predicted molar refractivity (Wildman–Crippen MR) is 163 cm³/mol. The number of anilines is 2. The van der Waals surface area contributed by atoms with Gasteiger partial charge in [0, 0.05) is 44.7 Å².